The molecule has 0 saturated carbocycles. The van der Waals surface area contributed by atoms with Crippen LogP contribution in [0.4, 0.5) is 0 Å². The highest BCUT2D eigenvalue weighted by Gasteiger charge is 2.55. The van der Waals surface area contributed by atoms with E-state index in [1.165, 1.54) is 6.92 Å². The maximum Gasteiger partial charge on any atom is 0.309 e. The van der Waals surface area contributed by atoms with Gasteiger partial charge in [-0.3, -0.25) is 9.59 Å². The quantitative estimate of drug-likeness (QED) is 0.134. The molecule has 10 nitrogen and oxygen atoms in total. The van der Waals surface area contributed by atoms with Crippen LogP contribution in [0.2, 0.25) is 0 Å². The van der Waals surface area contributed by atoms with Crippen molar-refractivity contribution < 1.29 is 38.7 Å². The Bertz CT molecular complexity index is 1040. The predicted molar refractivity (Wildman–Crippen MR) is 164 cm³/mol. The SMILES string of the molecule is CC[C@H](OC)[C@@H](C)[C@H]1O[C@H]1C1NCCNC1(C)/C=C/C=C(\C)[C@H]1OC(=O)C[C@H](O)CC[C@@](C)(O)[C@@H](OC(C)=O)/C=C/[C@@H]1C. The van der Waals surface area contributed by atoms with Crippen LogP contribution in [0, 0.1) is 11.8 Å². The summed E-state index contributed by atoms with van der Waals surface area (Å²) in [5.74, 6) is -1.04. The van der Waals surface area contributed by atoms with Crippen molar-refractivity contribution in [2.45, 2.75) is 128 Å². The molecular formula is C33H54N2O8. The van der Waals surface area contributed by atoms with Crippen LogP contribution < -0.4 is 10.6 Å². The second-order valence-corrected chi connectivity index (χ2v) is 13.0. The first-order valence-corrected chi connectivity index (χ1v) is 15.7. The Kier molecular flexibility index (Phi) is 12.6. The number of carbonyl (C=O) groups excluding carboxylic acids is 2. The molecule has 4 N–H and O–H groups in total. The van der Waals surface area contributed by atoms with Gasteiger partial charge in [0.2, 0.25) is 0 Å². The van der Waals surface area contributed by atoms with Gasteiger partial charge in [-0.2, -0.15) is 0 Å². The molecule has 0 aliphatic carbocycles. The average molecular weight is 607 g/mol. The number of aliphatic hydroxyl groups excluding tert-OH is 1. The number of aliphatic hydroxyl groups is 2. The van der Waals surface area contributed by atoms with Gasteiger partial charge in [0.1, 0.15) is 23.9 Å². The minimum Gasteiger partial charge on any atom is -0.457 e. The zero-order valence-electron chi connectivity index (χ0n) is 27.2. The van der Waals surface area contributed by atoms with Crippen LogP contribution in [0.5, 0.6) is 0 Å². The Morgan fingerprint density at radius 1 is 1.26 bits per heavy atom. The number of allylic oxidation sites excluding steroid dienone is 2. The minimum atomic E-state index is -1.41. The van der Waals surface area contributed by atoms with E-state index in [9.17, 15) is 19.8 Å². The van der Waals surface area contributed by atoms with Gasteiger partial charge in [-0.05, 0) is 51.7 Å². The normalized spacial score (nSPS) is 40.1. The van der Waals surface area contributed by atoms with Gasteiger partial charge in [-0.25, -0.2) is 0 Å². The lowest BCUT2D eigenvalue weighted by Gasteiger charge is -2.41. The Morgan fingerprint density at radius 3 is 2.63 bits per heavy atom. The van der Waals surface area contributed by atoms with Crippen LogP contribution in [-0.2, 0) is 28.5 Å². The summed E-state index contributed by atoms with van der Waals surface area (Å²) in [7, 11) is 1.75. The molecule has 3 rings (SSSR count). The number of hydrogen-bond donors (Lipinski definition) is 4. The van der Waals surface area contributed by atoms with E-state index in [4.69, 9.17) is 18.9 Å². The fraction of sp³-hybridized carbons (Fsp3) is 0.758. The van der Waals surface area contributed by atoms with Crippen molar-refractivity contribution in [1.29, 1.82) is 0 Å². The molecule has 0 aromatic carbocycles. The van der Waals surface area contributed by atoms with E-state index in [1.807, 2.05) is 26.0 Å². The molecule has 0 aromatic heterocycles. The van der Waals surface area contributed by atoms with Gasteiger partial charge in [0.25, 0.3) is 0 Å². The molecule has 2 fully saturated rings. The third kappa shape index (κ3) is 9.45. The van der Waals surface area contributed by atoms with Gasteiger partial charge in [-0.15, -0.1) is 0 Å². The first-order valence-electron chi connectivity index (χ1n) is 15.7. The highest BCUT2D eigenvalue weighted by Crippen LogP contribution is 2.39. The number of piperazine rings is 1. The molecule has 43 heavy (non-hydrogen) atoms. The molecule has 0 amide bonds. The van der Waals surface area contributed by atoms with Crippen LogP contribution in [0.1, 0.15) is 74.1 Å². The molecule has 2 unspecified atom stereocenters. The number of rotatable bonds is 9. The number of methoxy groups -OCH3 is 1. The van der Waals surface area contributed by atoms with E-state index in [0.717, 1.165) is 25.1 Å². The molecule has 0 radical (unpaired) electrons. The number of epoxide rings is 1. The lowest BCUT2D eigenvalue weighted by atomic mass is 9.83. The number of esters is 2. The van der Waals surface area contributed by atoms with E-state index < -0.39 is 35.9 Å². The predicted octanol–water partition coefficient (Wildman–Crippen LogP) is 2.97. The number of cyclic esters (lactones) is 1. The summed E-state index contributed by atoms with van der Waals surface area (Å²) in [6, 6.07) is 0.0709. The van der Waals surface area contributed by atoms with Gasteiger partial charge < -0.3 is 39.8 Å². The third-order valence-corrected chi connectivity index (χ3v) is 9.21. The summed E-state index contributed by atoms with van der Waals surface area (Å²) < 4.78 is 23.2. The van der Waals surface area contributed by atoms with Crippen molar-refractivity contribution in [3.63, 3.8) is 0 Å². The lowest BCUT2D eigenvalue weighted by Crippen LogP contribution is -2.65. The lowest BCUT2D eigenvalue weighted by molar-refractivity contribution is -0.157. The Labute approximate surface area is 257 Å². The van der Waals surface area contributed by atoms with E-state index in [1.54, 1.807) is 26.2 Å². The standard InChI is InChI=1S/C33H54N2O8/c1-9-25(40-8)22(4)29-30(43-29)31-32(6,35-18-17-34-31)15-10-11-20(2)28-21(3)12-13-26(41-23(5)36)33(7,39)16-14-24(37)19-27(38)42-28/h10-13,15,21-22,24-26,28-31,34-35,37,39H,9,14,16-19H2,1-8H3/b13-12+,15-10+,20-11+/t21-,22+,24+,25-,26-,28+,29+,30+,31?,32?,33+/m0/s1. The van der Waals surface area contributed by atoms with Crippen molar-refractivity contribution in [3.8, 4) is 0 Å². The zero-order valence-corrected chi connectivity index (χ0v) is 27.2. The largest absolute Gasteiger partial charge is 0.457 e. The number of carbonyl (C=O) groups is 2. The summed E-state index contributed by atoms with van der Waals surface area (Å²) in [5.41, 5.74) is -0.969. The van der Waals surface area contributed by atoms with Crippen molar-refractivity contribution in [1.82, 2.24) is 10.6 Å². The first-order chi connectivity index (χ1) is 20.2. The highest BCUT2D eigenvalue weighted by molar-refractivity contribution is 5.70. The summed E-state index contributed by atoms with van der Waals surface area (Å²) in [6.45, 7) is 14.8. The first kappa shape index (κ1) is 35.4. The fourth-order valence-corrected chi connectivity index (χ4v) is 6.42. The Balaban J connectivity index is 1.81. The Morgan fingerprint density at radius 2 is 1.98 bits per heavy atom. The van der Waals surface area contributed by atoms with Gasteiger partial charge in [0, 0.05) is 39.0 Å². The number of hydrogen-bond acceptors (Lipinski definition) is 10. The molecule has 3 heterocycles. The van der Waals surface area contributed by atoms with Crippen LogP contribution in [0.15, 0.2) is 36.0 Å². The van der Waals surface area contributed by atoms with Crippen molar-refractivity contribution >= 4 is 11.9 Å². The third-order valence-electron chi connectivity index (χ3n) is 9.21. The Hall–Kier alpha value is -2.08. The minimum absolute atomic E-state index is 0.0675. The summed E-state index contributed by atoms with van der Waals surface area (Å²) in [6.07, 6.45) is 8.36. The fourth-order valence-electron chi connectivity index (χ4n) is 6.42. The van der Waals surface area contributed by atoms with E-state index in [2.05, 4.69) is 37.5 Å². The van der Waals surface area contributed by atoms with Crippen LogP contribution in [0.3, 0.4) is 0 Å². The van der Waals surface area contributed by atoms with Crippen LogP contribution in [0.25, 0.3) is 0 Å². The maximum absolute atomic E-state index is 12.8. The van der Waals surface area contributed by atoms with E-state index >= 15 is 0 Å². The van der Waals surface area contributed by atoms with Crippen molar-refractivity contribution in [3.05, 3.63) is 36.0 Å². The maximum atomic E-state index is 12.8. The smallest absolute Gasteiger partial charge is 0.309 e. The van der Waals surface area contributed by atoms with Crippen LogP contribution in [-0.4, -0.2) is 96.2 Å². The van der Waals surface area contributed by atoms with Crippen molar-refractivity contribution in [2.24, 2.45) is 11.8 Å². The van der Waals surface area contributed by atoms with Gasteiger partial charge in [-0.1, -0.05) is 45.1 Å². The zero-order chi connectivity index (χ0) is 31.9. The second-order valence-electron chi connectivity index (χ2n) is 13.0. The molecule has 3 aliphatic rings. The molecule has 11 atom stereocenters. The van der Waals surface area contributed by atoms with Crippen LogP contribution >= 0.6 is 0 Å². The molecular weight excluding hydrogens is 552 g/mol. The van der Waals surface area contributed by atoms with Gasteiger partial charge in [0.15, 0.2) is 0 Å². The number of ether oxygens (including phenoxy) is 4. The monoisotopic (exact) mass is 606 g/mol. The summed E-state index contributed by atoms with van der Waals surface area (Å²) in [4.78, 5) is 24.6. The molecule has 0 aromatic rings. The van der Waals surface area contributed by atoms with Gasteiger partial charge in [0.05, 0.1) is 36.3 Å². The molecule has 0 bridgehead atoms. The number of nitrogens with one attached hydrogen (secondary N) is 2. The summed E-state index contributed by atoms with van der Waals surface area (Å²) >= 11 is 0. The molecule has 3 aliphatic heterocycles. The van der Waals surface area contributed by atoms with Gasteiger partial charge >= 0.3 is 11.9 Å². The molecule has 2 saturated heterocycles. The van der Waals surface area contributed by atoms with E-state index in [0.29, 0.717) is 0 Å². The summed E-state index contributed by atoms with van der Waals surface area (Å²) in [5, 5.41) is 28.8. The average Bonchev–Trinajstić information content (AvgIpc) is 3.73. The second kappa shape index (κ2) is 15.3. The van der Waals surface area contributed by atoms with Crippen molar-refractivity contribution in [2.75, 3.05) is 20.2 Å². The molecule has 10 heteroatoms. The molecule has 244 valence electrons. The molecule has 0 spiro atoms. The topological polar surface area (TPSA) is 139 Å². The highest BCUT2D eigenvalue weighted by atomic mass is 16.6. The van der Waals surface area contributed by atoms with E-state index in [-0.39, 0.29) is 61.0 Å².